The Balaban J connectivity index is 1.48. The van der Waals surface area contributed by atoms with E-state index in [-0.39, 0.29) is 12.0 Å². The number of pyridine rings is 2. The zero-order valence-electron chi connectivity index (χ0n) is 15.0. The van der Waals surface area contributed by atoms with Crippen LogP contribution in [0.25, 0.3) is 0 Å². The van der Waals surface area contributed by atoms with Crippen molar-refractivity contribution >= 4 is 5.91 Å². The van der Waals surface area contributed by atoms with E-state index in [1.54, 1.807) is 24.5 Å². The highest BCUT2D eigenvalue weighted by atomic mass is 16.5. The van der Waals surface area contributed by atoms with Gasteiger partial charge in [-0.05, 0) is 29.8 Å². The second-order valence-corrected chi connectivity index (χ2v) is 6.57. The first-order chi connectivity index (χ1) is 13.3. The molecule has 0 N–H and O–H groups in total. The Hall–Kier alpha value is -3.05. The maximum absolute atomic E-state index is 12.7. The lowest BCUT2D eigenvalue weighted by atomic mass is 10.1. The van der Waals surface area contributed by atoms with Gasteiger partial charge in [-0.3, -0.25) is 14.8 Å². The summed E-state index contributed by atoms with van der Waals surface area (Å²) in [7, 11) is 0. The fourth-order valence-electron chi connectivity index (χ4n) is 3.27. The lowest BCUT2D eigenvalue weighted by Crippen LogP contribution is -2.42. The van der Waals surface area contributed by atoms with E-state index in [9.17, 15) is 4.79 Å². The van der Waals surface area contributed by atoms with Gasteiger partial charge in [-0.1, -0.05) is 36.4 Å². The molecule has 1 saturated heterocycles. The fraction of sp³-hybridized carbons (Fsp3) is 0.227. The van der Waals surface area contributed by atoms with Gasteiger partial charge in [-0.15, -0.1) is 0 Å². The van der Waals surface area contributed by atoms with E-state index in [0.29, 0.717) is 25.3 Å². The summed E-state index contributed by atoms with van der Waals surface area (Å²) in [5, 5.41) is 0. The van der Waals surface area contributed by atoms with Crippen LogP contribution in [-0.4, -0.2) is 40.5 Å². The maximum atomic E-state index is 12.7. The van der Waals surface area contributed by atoms with E-state index in [1.165, 1.54) is 5.56 Å². The van der Waals surface area contributed by atoms with Crippen LogP contribution in [0.5, 0.6) is 0 Å². The summed E-state index contributed by atoms with van der Waals surface area (Å²) < 4.78 is 5.91. The van der Waals surface area contributed by atoms with Gasteiger partial charge in [0.1, 0.15) is 6.10 Å². The van der Waals surface area contributed by atoms with Crippen LogP contribution >= 0.6 is 0 Å². The van der Waals surface area contributed by atoms with Crippen molar-refractivity contribution in [1.82, 2.24) is 14.9 Å². The van der Waals surface area contributed by atoms with Gasteiger partial charge < -0.3 is 9.64 Å². The van der Waals surface area contributed by atoms with Crippen molar-refractivity contribution in [3.8, 4) is 0 Å². The number of hydrogen-bond donors (Lipinski definition) is 0. The molecule has 3 heterocycles. The van der Waals surface area contributed by atoms with Crippen LogP contribution in [0.15, 0.2) is 73.1 Å². The molecule has 1 aromatic carbocycles. The molecule has 1 aliphatic heterocycles. The van der Waals surface area contributed by atoms with E-state index in [1.807, 2.05) is 41.3 Å². The Morgan fingerprint density at radius 1 is 1.07 bits per heavy atom. The molecule has 0 spiro atoms. The molecule has 136 valence electrons. The lowest BCUT2D eigenvalue weighted by Gasteiger charge is -2.32. The summed E-state index contributed by atoms with van der Waals surface area (Å²) in [4.78, 5) is 23.3. The number of ether oxygens (including phenoxy) is 1. The van der Waals surface area contributed by atoms with Crippen molar-refractivity contribution in [2.45, 2.75) is 12.5 Å². The normalized spacial score (nSPS) is 16.9. The zero-order chi connectivity index (χ0) is 18.5. The minimum absolute atomic E-state index is 0.0168. The van der Waals surface area contributed by atoms with Gasteiger partial charge in [-0.2, -0.15) is 0 Å². The van der Waals surface area contributed by atoms with Crippen LogP contribution in [0, 0.1) is 0 Å². The molecule has 1 aliphatic rings. The quantitative estimate of drug-likeness (QED) is 0.717. The monoisotopic (exact) mass is 359 g/mol. The average Bonchev–Trinajstić information content (AvgIpc) is 2.75. The standard InChI is InChI=1S/C22H21N3O2/c26-22(18-8-5-11-23-15-18)25-12-13-27-21(16-25)20-10-4-9-19(24-20)14-17-6-2-1-3-7-17/h1-11,15,21H,12-14,16H2. The topological polar surface area (TPSA) is 55.3 Å². The number of aromatic nitrogens is 2. The highest BCUT2D eigenvalue weighted by molar-refractivity contribution is 5.93. The maximum Gasteiger partial charge on any atom is 0.255 e. The number of hydrogen-bond acceptors (Lipinski definition) is 4. The van der Waals surface area contributed by atoms with Crippen molar-refractivity contribution in [3.63, 3.8) is 0 Å². The lowest BCUT2D eigenvalue weighted by molar-refractivity contribution is -0.0248. The molecule has 0 radical (unpaired) electrons. The Labute approximate surface area is 158 Å². The largest absolute Gasteiger partial charge is 0.368 e. The minimum Gasteiger partial charge on any atom is -0.368 e. The van der Waals surface area contributed by atoms with E-state index < -0.39 is 0 Å². The van der Waals surface area contributed by atoms with Crippen LogP contribution in [-0.2, 0) is 11.2 Å². The fourth-order valence-corrected chi connectivity index (χ4v) is 3.27. The molecule has 0 bridgehead atoms. The number of carbonyl (C=O) groups is 1. The average molecular weight is 359 g/mol. The number of rotatable bonds is 4. The molecule has 5 nitrogen and oxygen atoms in total. The molecule has 5 heteroatoms. The number of carbonyl (C=O) groups excluding carboxylic acids is 1. The summed E-state index contributed by atoms with van der Waals surface area (Å²) >= 11 is 0. The molecule has 1 atom stereocenters. The first-order valence-corrected chi connectivity index (χ1v) is 9.10. The molecular formula is C22H21N3O2. The van der Waals surface area contributed by atoms with Gasteiger partial charge in [0.2, 0.25) is 0 Å². The van der Waals surface area contributed by atoms with Gasteiger partial charge in [0.05, 0.1) is 24.4 Å². The first-order valence-electron chi connectivity index (χ1n) is 9.10. The smallest absolute Gasteiger partial charge is 0.255 e. The van der Waals surface area contributed by atoms with Crippen molar-refractivity contribution in [2.24, 2.45) is 0 Å². The number of benzene rings is 1. The number of nitrogens with zero attached hydrogens (tertiary/aromatic N) is 3. The highest BCUT2D eigenvalue weighted by Crippen LogP contribution is 2.22. The Bertz CT molecular complexity index is 900. The second kappa shape index (κ2) is 8.10. The first kappa shape index (κ1) is 17.4. The van der Waals surface area contributed by atoms with Crippen LogP contribution in [0.3, 0.4) is 0 Å². The Morgan fingerprint density at radius 2 is 1.96 bits per heavy atom. The van der Waals surface area contributed by atoms with Crippen LogP contribution in [0.4, 0.5) is 0 Å². The summed E-state index contributed by atoms with van der Waals surface area (Å²) in [6.07, 6.45) is 3.84. The number of amides is 1. The Morgan fingerprint density at radius 3 is 2.78 bits per heavy atom. The number of morpholine rings is 1. The predicted octanol–water partition coefficient (Wildman–Crippen LogP) is 3.28. The van der Waals surface area contributed by atoms with Gasteiger partial charge in [-0.25, -0.2) is 0 Å². The van der Waals surface area contributed by atoms with E-state index in [4.69, 9.17) is 9.72 Å². The third kappa shape index (κ3) is 4.20. The molecule has 3 aromatic rings. The summed E-state index contributed by atoms with van der Waals surface area (Å²) in [6, 6.07) is 19.8. The molecule has 1 fully saturated rings. The van der Waals surface area contributed by atoms with Crippen molar-refractivity contribution in [2.75, 3.05) is 19.7 Å². The molecule has 27 heavy (non-hydrogen) atoms. The van der Waals surface area contributed by atoms with Gasteiger partial charge in [0, 0.05) is 31.1 Å². The third-order valence-electron chi connectivity index (χ3n) is 4.65. The molecule has 0 saturated carbocycles. The molecule has 1 amide bonds. The summed E-state index contributed by atoms with van der Waals surface area (Å²) in [6.45, 7) is 1.57. The van der Waals surface area contributed by atoms with Crippen LogP contribution in [0.1, 0.15) is 33.4 Å². The minimum atomic E-state index is -0.213. The van der Waals surface area contributed by atoms with Gasteiger partial charge >= 0.3 is 0 Å². The molecule has 2 aromatic heterocycles. The van der Waals surface area contributed by atoms with E-state index in [0.717, 1.165) is 17.8 Å². The molecular weight excluding hydrogens is 338 g/mol. The van der Waals surface area contributed by atoms with Crippen molar-refractivity contribution in [1.29, 1.82) is 0 Å². The Kier molecular flexibility index (Phi) is 5.21. The highest BCUT2D eigenvalue weighted by Gasteiger charge is 2.27. The van der Waals surface area contributed by atoms with Crippen molar-refractivity contribution in [3.05, 3.63) is 95.6 Å². The summed E-state index contributed by atoms with van der Waals surface area (Å²) in [5.74, 6) is -0.0168. The van der Waals surface area contributed by atoms with Crippen molar-refractivity contribution < 1.29 is 9.53 Å². The molecule has 0 aliphatic carbocycles. The van der Waals surface area contributed by atoms with Gasteiger partial charge in [0.15, 0.2) is 0 Å². The van der Waals surface area contributed by atoms with E-state index in [2.05, 4.69) is 17.1 Å². The van der Waals surface area contributed by atoms with Crippen LogP contribution in [0.2, 0.25) is 0 Å². The summed E-state index contributed by atoms with van der Waals surface area (Å²) in [5.41, 5.74) is 3.69. The van der Waals surface area contributed by atoms with Crippen LogP contribution < -0.4 is 0 Å². The zero-order valence-corrected chi connectivity index (χ0v) is 15.0. The third-order valence-corrected chi connectivity index (χ3v) is 4.65. The second-order valence-electron chi connectivity index (χ2n) is 6.57. The van der Waals surface area contributed by atoms with Gasteiger partial charge in [0.25, 0.3) is 5.91 Å². The predicted molar refractivity (Wildman–Crippen MR) is 102 cm³/mol. The molecule has 4 rings (SSSR count). The van der Waals surface area contributed by atoms with E-state index >= 15 is 0 Å². The SMILES string of the molecule is O=C(c1cccnc1)N1CCOC(c2cccc(Cc3ccccc3)n2)C1. The molecule has 1 unspecified atom stereocenters.